The first-order valence-corrected chi connectivity index (χ1v) is 5.59. The predicted molar refractivity (Wildman–Crippen MR) is 65.4 cm³/mol. The van der Waals surface area contributed by atoms with E-state index in [2.05, 4.69) is 10.3 Å². The summed E-state index contributed by atoms with van der Waals surface area (Å²) in [6, 6.07) is 4.05. The molecule has 2 aromatic rings. The van der Waals surface area contributed by atoms with Crippen molar-refractivity contribution in [2.45, 2.75) is 25.8 Å². The average Bonchev–Trinajstić information content (AvgIpc) is 2.72. The van der Waals surface area contributed by atoms with Crippen LogP contribution >= 0.6 is 0 Å². The zero-order valence-electron chi connectivity index (χ0n) is 9.44. The average molecular weight is 219 g/mol. The predicted octanol–water partition coefficient (Wildman–Crippen LogP) is 2.37. The summed E-state index contributed by atoms with van der Waals surface area (Å²) >= 11 is 0. The van der Waals surface area contributed by atoms with E-state index in [4.69, 9.17) is 10.2 Å². The van der Waals surface area contributed by atoms with Crippen molar-refractivity contribution in [3.8, 4) is 0 Å². The Morgan fingerprint density at radius 1 is 1.50 bits per heavy atom. The van der Waals surface area contributed by atoms with Gasteiger partial charge in [-0.1, -0.05) is 0 Å². The molecule has 0 fully saturated rings. The van der Waals surface area contributed by atoms with Crippen LogP contribution in [0.2, 0.25) is 0 Å². The van der Waals surface area contributed by atoms with Gasteiger partial charge in [-0.2, -0.15) is 0 Å². The van der Waals surface area contributed by atoms with Crippen molar-refractivity contribution >= 4 is 16.8 Å². The molecule has 16 heavy (non-hydrogen) atoms. The van der Waals surface area contributed by atoms with Crippen LogP contribution in [0.25, 0.3) is 11.0 Å². The molecule has 0 bridgehead atoms. The van der Waals surface area contributed by atoms with Crippen LogP contribution in [0.4, 0.5) is 5.82 Å². The van der Waals surface area contributed by atoms with Crippen molar-refractivity contribution < 1.29 is 4.42 Å². The number of nitrogens with zero attached hydrogens (tertiary/aromatic N) is 1. The van der Waals surface area contributed by atoms with Crippen molar-refractivity contribution in [3.63, 3.8) is 0 Å². The third kappa shape index (κ3) is 2.52. The smallest absolute Gasteiger partial charge is 0.139 e. The zero-order valence-corrected chi connectivity index (χ0v) is 9.44. The lowest BCUT2D eigenvalue weighted by Crippen LogP contribution is -2.16. The van der Waals surface area contributed by atoms with Crippen molar-refractivity contribution in [1.82, 2.24) is 4.98 Å². The lowest BCUT2D eigenvalue weighted by atomic mass is 10.2. The second kappa shape index (κ2) is 4.99. The van der Waals surface area contributed by atoms with Crippen LogP contribution in [0, 0.1) is 0 Å². The molecular weight excluding hydrogens is 202 g/mol. The van der Waals surface area contributed by atoms with Crippen LogP contribution in [0.5, 0.6) is 0 Å². The molecule has 0 saturated heterocycles. The van der Waals surface area contributed by atoms with Crippen molar-refractivity contribution in [2.75, 3.05) is 11.9 Å². The quantitative estimate of drug-likeness (QED) is 0.758. The second-order valence-electron chi connectivity index (χ2n) is 4.04. The van der Waals surface area contributed by atoms with Gasteiger partial charge in [0.15, 0.2) is 0 Å². The first-order chi connectivity index (χ1) is 7.77. The van der Waals surface area contributed by atoms with E-state index < -0.39 is 0 Å². The van der Waals surface area contributed by atoms with E-state index in [1.54, 1.807) is 12.5 Å². The number of anilines is 1. The summed E-state index contributed by atoms with van der Waals surface area (Å²) in [5.41, 5.74) is 6.55. The second-order valence-corrected chi connectivity index (χ2v) is 4.04. The van der Waals surface area contributed by atoms with E-state index in [1.165, 1.54) is 0 Å². The summed E-state index contributed by atoms with van der Waals surface area (Å²) in [5, 5.41) is 4.33. The van der Waals surface area contributed by atoms with Gasteiger partial charge < -0.3 is 15.5 Å². The summed E-state index contributed by atoms with van der Waals surface area (Å²) in [5.74, 6) is 0.885. The summed E-state index contributed by atoms with van der Waals surface area (Å²) in [7, 11) is 0. The monoisotopic (exact) mass is 219 g/mol. The Labute approximate surface area is 94.8 Å². The molecule has 0 saturated carbocycles. The van der Waals surface area contributed by atoms with Gasteiger partial charge >= 0.3 is 0 Å². The maximum absolute atomic E-state index is 5.69. The van der Waals surface area contributed by atoms with Gasteiger partial charge in [0.1, 0.15) is 11.4 Å². The number of nitrogens with two attached hydrogens (primary N) is 1. The number of nitrogens with one attached hydrogen (secondary N) is 1. The van der Waals surface area contributed by atoms with Gasteiger partial charge in [0.25, 0.3) is 0 Å². The van der Waals surface area contributed by atoms with E-state index in [9.17, 15) is 0 Å². The third-order valence-electron chi connectivity index (χ3n) is 2.51. The molecule has 2 aromatic heterocycles. The zero-order chi connectivity index (χ0) is 11.4. The number of rotatable bonds is 5. The van der Waals surface area contributed by atoms with Crippen LogP contribution in [-0.4, -0.2) is 17.6 Å². The van der Waals surface area contributed by atoms with E-state index in [0.29, 0.717) is 0 Å². The molecule has 2 heterocycles. The van der Waals surface area contributed by atoms with E-state index >= 15 is 0 Å². The molecule has 0 amide bonds. The SMILES string of the molecule is CC(N)CCCNc1nccc2occc12. The summed E-state index contributed by atoms with van der Waals surface area (Å²) in [6.07, 6.45) is 5.50. The van der Waals surface area contributed by atoms with E-state index in [1.807, 2.05) is 19.1 Å². The molecule has 4 nitrogen and oxygen atoms in total. The van der Waals surface area contributed by atoms with Crippen LogP contribution < -0.4 is 11.1 Å². The minimum Gasteiger partial charge on any atom is -0.464 e. The Balaban J connectivity index is 1.96. The maximum Gasteiger partial charge on any atom is 0.139 e. The normalized spacial score (nSPS) is 12.9. The molecule has 0 aromatic carbocycles. The first kappa shape index (κ1) is 11.0. The van der Waals surface area contributed by atoms with Gasteiger partial charge in [-0.25, -0.2) is 4.98 Å². The molecule has 4 heteroatoms. The molecule has 0 aliphatic heterocycles. The number of furan rings is 1. The van der Waals surface area contributed by atoms with Crippen LogP contribution in [0.15, 0.2) is 29.0 Å². The van der Waals surface area contributed by atoms with Crippen LogP contribution in [-0.2, 0) is 0 Å². The van der Waals surface area contributed by atoms with E-state index in [0.717, 1.165) is 36.2 Å². The fraction of sp³-hybridized carbons (Fsp3) is 0.417. The Hall–Kier alpha value is -1.55. The molecule has 1 atom stereocenters. The van der Waals surface area contributed by atoms with Crippen molar-refractivity contribution in [2.24, 2.45) is 5.73 Å². The van der Waals surface area contributed by atoms with Crippen LogP contribution in [0.1, 0.15) is 19.8 Å². The highest BCUT2D eigenvalue weighted by molar-refractivity contribution is 5.87. The summed E-state index contributed by atoms with van der Waals surface area (Å²) < 4.78 is 5.30. The molecule has 0 spiro atoms. The highest BCUT2D eigenvalue weighted by Crippen LogP contribution is 2.21. The minimum absolute atomic E-state index is 0.263. The van der Waals surface area contributed by atoms with Gasteiger partial charge in [-0.3, -0.25) is 0 Å². The third-order valence-corrected chi connectivity index (χ3v) is 2.51. The fourth-order valence-electron chi connectivity index (χ4n) is 1.67. The van der Waals surface area contributed by atoms with Crippen molar-refractivity contribution in [3.05, 3.63) is 24.6 Å². The number of fused-ring (bicyclic) bond motifs is 1. The molecular formula is C12H17N3O. The highest BCUT2D eigenvalue weighted by Gasteiger charge is 2.03. The molecule has 3 N–H and O–H groups in total. The standard InChI is InChI=1S/C12H17N3O/c1-9(13)3-2-6-14-12-10-5-8-16-11(10)4-7-15-12/h4-5,7-9H,2-3,6,13H2,1H3,(H,14,15). The Morgan fingerprint density at radius 3 is 3.19 bits per heavy atom. The van der Waals surface area contributed by atoms with Gasteiger partial charge in [0, 0.05) is 18.8 Å². The Bertz CT molecular complexity index is 450. The summed E-state index contributed by atoms with van der Waals surface area (Å²) in [4.78, 5) is 4.29. The molecule has 0 aliphatic rings. The molecule has 2 rings (SSSR count). The number of aromatic nitrogens is 1. The van der Waals surface area contributed by atoms with Crippen LogP contribution in [0.3, 0.4) is 0 Å². The highest BCUT2D eigenvalue weighted by atomic mass is 16.3. The molecule has 0 radical (unpaired) electrons. The number of hydrogen-bond acceptors (Lipinski definition) is 4. The molecule has 0 aliphatic carbocycles. The van der Waals surface area contributed by atoms with Gasteiger partial charge in [-0.15, -0.1) is 0 Å². The molecule has 1 unspecified atom stereocenters. The maximum atomic E-state index is 5.69. The molecule has 86 valence electrons. The fourth-order valence-corrected chi connectivity index (χ4v) is 1.67. The lowest BCUT2D eigenvalue weighted by molar-refractivity contribution is 0.615. The van der Waals surface area contributed by atoms with Gasteiger partial charge in [-0.05, 0) is 31.9 Å². The lowest BCUT2D eigenvalue weighted by Gasteiger charge is -2.07. The summed E-state index contributed by atoms with van der Waals surface area (Å²) in [6.45, 7) is 2.91. The topological polar surface area (TPSA) is 64.1 Å². The number of pyridine rings is 1. The van der Waals surface area contributed by atoms with Crippen molar-refractivity contribution in [1.29, 1.82) is 0 Å². The number of hydrogen-bond donors (Lipinski definition) is 2. The first-order valence-electron chi connectivity index (χ1n) is 5.59. The Kier molecular flexibility index (Phi) is 3.41. The van der Waals surface area contributed by atoms with Gasteiger partial charge in [0.05, 0.1) is 11.6 Å². The minimum atomic E-state index is 0.263. The Morgan fingerprint density at radius 2 is 2.38 bits per heavy atom. The van der Waals surface area contributed by atoms with Gasteiger partial charge in [0.2, 0.25) is 0 Å². The largest absolute Gasteiger partial charge is 0.464 e. The van der Waals surface area contributed by atoms with E-state index in [-0.39, 0.29) is 6.04 Å².